The molecule has 2 aromatic carbocycles. The van der Waals surface area contributed by atoms with Crippen LogP contribution in [0.15, 0.2) is 73.1 Å². The summed E-state index contributed by atoms with van der Waals surface area (Å²) in [5, 5.41) is 0. The minimum absolute atomic E-state index is 0.0667. The molecular formula is C26H25FN4O2. The lowest BCUT2D eigenvalue weighted by Gasteiger charge is -2.34. The molecule has 168 valence electrons. The van der Waals surface area contributed by atoms with Crippen molar-refractivity contribution in [2.45, 2.75) is 6.54 Å². The number of methoxy groups -OCH3 is 1. The van der Waals surface area contributed by atoms with Gasteiger partial charge in [-0.2, -0.15) is 0 Å². The van der Waals surface area contributed by atoms with Crippen molar-refractivity contribution in [2.75, 3.05) is 33.3 Å². The van der Waals surface area contributed by atoms with Crippen molar-refractivity contribution in [2.24, 2.45) is 0 Å². The van der Waals surface area contributed by atoms with Crippen LogP contribution in [-0.2, 0) is 6.54 Å². The second-order valence-electron chi connectivity index (χ2n) is 8.21. The van der Waals surface area contributed by atoms with Gasteiger partial charge in [0.15, 0.2) is 0 Å². The van der Waals surface area contributed by atoms with Gasteiger partial charge >= 0.3 is 0 Å². The minimum atomic E-state index is -0.334. The highest BCUT2D eigenvalue weighted by Gasteiger charge is 2.24. The van der Waals surface area contributed by atoms with E-state index in [0.717, 1.165) is 25.2 Å². The molecule has 6 nitrogen and oxygen atoms in total. The van der Waals surface area contributed by atoms with Crippen LogP contribution in [0.1, 0.15) is 16.1 Å². The fourth-order valence-corrected chi connectivity index (χ4v) is 4.27. The maximum atomic E-state index is 13.8. The molecule has 2 aromatic heterocycles. The zero-order valence-electron chi connectivity index (χ0n) is 18.4. The average molecular weight is 445 g/mol. The first-order chi connectivity index (χ1) is 16.1. The molecule has 0 N–H and O–H groups in total. The van der Waals surface area contributed by atoms with Gasteiger partial charge in [0.1, 0.15) is 22.9 Å². The van der Waals surface area contributed by atoms with Gasteiger partial charge in [0.25, 0.3) is 5.91 Å². The quantitative estimate of drug-likeness (QED) is 0.465. The number of amides is 1. The van der Waals surface area contributed by atoms with E-state index in [1.54, 1.807) is 23.8 Å². The van der Waals surface area contributed by atoms with Gasteiger partial charge in [-0.25, -0.2) is 9.37 Å². The zero-order valence-corrected chi connectivity index (χ0v) is 18.4. The lowest BCUT2D eigenvalue weighted by molar-refractivity contribution is 0.0623. The lowest BCUT2D eigenvalue weighted by atomic mass is 10.1. The summed E-state index contributed by atoms with van der Waals surface area (Å²) in [5.74, 6) is 0.183. The Labute approximate surface area is 191 Å². The Bertz CT molecular complexity index is 1280. The molecule has 4 aromatic rings. The molecule has 0 aliphatic carbocycles. The van der Waals surface area contributed by atoms with Gasteiger partial charge in [-0.05, 0) is 35.9 Å². The summed E-state index contributed by atoms with van der Waals surface area (Å²) in [6, 6.07) is 18.5. The fourth-order valence-electron chi connectivity index (χ4n) is 4.27. The number of nitrogens with zero attached hydrogens (tertiary/aromatic N) is 4. The third kappa shape index (κ3) is 4.45. The largest absolute Gasteiger partial charge is 0.496 e. The molecule has 0 spiro atoms. The minimum Gasteiger partial charge on any atom is -0.496 e. The van der Waals surface area contributed by atoms with E-state index in [2.05, 4.69) is 22.0 Å². The van der Waals surface area contributed by atoms with E-state index in [-0.39, 0.29) is 11.7 Å². The van der Waals surface area contributed by atoms with Crippen LogP contribution in [0.2, 0.25) is 0 Å². The number of rotatable bonds is 5. The Balaban J connectivity index is 1.30. The summed E-state index contributed by atoms with van der Waals surface area (Å²) in [4.78, 5) is 21.8. The van der Waals surface area contributed by atoms with Crippen LogP contribution in [0.3, 0.4) is 0 Å². The van der Waals surface area contributed by atoms with Crippen LogP contribution >= 0.6 is 0 Å². The second kappa shape index (κ2) is 9.03. The highest BCUT2D eigenvalue weighted by molar-refractivity contribution is 5.93. The van der Waals surface area contributed by atoms with E-state index in [1.807, 2.05) is 41.4 Å². The van der Waals surface area contributed by atoms with Gasteiger partial charge in [0.2, 0.25) is 0 Å². The molecule has 0 bridgehead atoms. The number of aromatic nitrogens is 2. The first-order valence-corrected chi connectivity index (χ1v) is 11.0. The smallest absolute Gasteiger partial charge is 0.274 e. The van der Waals surface area contributed by atoms with Crippen LogP contribution in [0.4, 0.5) is 4.39 Å². The molecule has 1 fully saturated rings. The maximum Gasteiger partial charge on any atom is 0.274 e. The molecule has 3 heterocycles. The van der Waals surface area contributed by atoms with Crippen molar-refractivity contribution in [3.8, 4) is 16.9 Å². The predicted octanol–water partition coefficient (Wildman–Crippen LogP) is 4.11. The van der Waals surface area contributed by atoms with Crippen LogP contribution < -0.4 is 4.74 Å². The van der Waals surface area contributed by atoms with Crippen molar-refractivity contribution in [3.05, 3.63) is 90.1 Å². The summed E-state index contributed by atoms with van der Waals surface area (Å²) in [7, 11) is 1.56. The molecule has 0 radical (unpaired) electrons. The standard InChI is InChI=1S/C26H25FN4O2/c1-33-24-9-8-21(27)15-22(24)20-7-10-25-28-23(18-31(25)17-20)26(32)30-13-11-29(12-14-30)16-19-5-3-2-4-6-19/h2-10,15,17-18H,11-14,16H2,1H3. The molecule has 0 saturated carbocycles. The molecule has 1 amide bonds. The number of fused-ring (bicyclic) bond motifs is 1. The maximum absolute atomic E-state index is 13.8. The Morgan fingerprint density at radius 1 is 1.00 bits per heavy atom. The number of benzene rings is 2. The van der Waals surface area contributed by atoms with E-state index in [1.165, 1.54) is 17.7 Å². The van der Waals surface area contributed by atoms with Gasteiger partial charge in [0.05, 0.1) is 7.11 Å². The number of hydrogen-bond donors (Lipinski definition) is 0. The number of carbonyl (C=O) groups excluding carboxylic acids is 1. The summed E-state index contributed by atoms with van der Waals surface area (Å²) in [6.07, 6.45) is 3.58. The number of piperazine rings is 1. The van der Waals surface area contributed by atoms with Gasteiger partial charge in [0, 0.05) is 56.2 Å². The lowest BCUT2D eigenvalue weighted by Crippen LogP contribution is -2.48. The zero-order chi connectivity index (χ0) is 22.8. The van der Waals surface area contributed by atoms with Crippen molar-refractivity contribution < 1.29 is 13.9 Å². The van der Waals surface area contributed by atoms with Crippen LogP contribution in [0.25, 0.3) is 16.8 Å². The Morgan fingerprint density at radius 3 is 2.55 bits per heavy atom. The molecule has 33 heavy (non-hydrogen) atoms. The SMILES string of the molecule is COc1ccc(F)cc1-c1ccc2nc(C(=O)N3CCN(Cc4ccccc4)CC3)cn2c1. The fraction of sp³-hybridized carbons (Fsp3) is 0.231. The highest BCUT2D eigenvalue weighted by Crippen LogP contribution is 2.31. The normalized spacial score (nSPS) is 14.5. The molecular weight excluding hydrogens is 419 g/mol. The first kappa shape index (κ1) is 21.2. The van der Waals surface area contributed by atoms with Crippen LogP contribution in [0, 0.1) is 5.82 Å². The molecule has 1 aliphatic heterocycles. The van der Waals surface area contributed by atoms with Crippen molar-refractivity contribution >= 4 is 11.6 Å². The molecule has 0 unspecified atom stereocenters. The Hall–Kier alpha value is -3.71. The third-order valence-corrected chi connectivity index (χ3v) is 6.05. The summed E-state index contributed by atoms with van der Waals surface area (Å²) in [6.45, 7) is 3.90. The number of carbonyl (C=O) groups is 1. The summed E-state index contributed by atoms with van der Waals surface area (Å²) < 4.78 is 21.0. The number of imidazole rings is 1. The number of ether oxygens (including phenoxy) is 1. The van der Waals surface area contributed by atoms with E-state index >= 15 is 0 Å². The monoisotopic (exact) mass is 444 g/mol. The van der Waals surface area contributed by atoms with E-state index in [4.69, 9.17) is 4.74 Å². The average Bonchev–Trinajstić information content (AvgIpc) is 3.28. The Kier molecular flexibility index (Phi) is 5.79. The summed E-state index contributed by atoms with van der Waals surface area (Å²) in [5.41, 5.74) is 3.79. The van der Waals surface area contributed by atoms with Crippen molar-refractivity contribution in [1.29, 1.82) is 0 Å². The van der Waals surface area contributed by atoms with E-state index in [9.17, 15) is 9.18 Å². The molecule has 0 atom stereocenters. The van der Waals surface area contributed by atoms with Gasteiger partial charge in [-0.15, -0.1) is 0 Å². The topological polar surface area (TPSA) is 50.1 Å². The summed E-state index contributed by atoms with van der Waals surface area (Å²) >= 11 is 0. The van der Waals surface area contributed by atoms with Gasteiger partial charge in [-0.1, -0.05) is 30.3 Å². The Morgan fingerprint density at radius 2 is 1.79 bits per heavy atom. The second-order valence-corrected chi connectivity index (χ2v) is 8.21. The van der Waals surface area contributed by atoms with Gasteiger partial charge < -0.3 is 14.0 Å². The molecule has 5 rings (SSSR count). The molecule has 1 aliphatic rings. The number of halogens is 1. The van der Waals surface area contributed by atoms with Crippen molar-refractivity contribution in [1.82, 2.24) is 19.2 Å². The van der Waals surface area contributed by atoms with Crippen LogP contribution in [-0.4, -0.2) is 58.4 Å². The van der Waals surface area contributed by atoms with Crippen LogP contribution in [0.5, 0.6) is 5.75 Å². The predicted molar refractivity (Wildman–Crippen MR) is 125 cm³/mol. The van der Waals surface area contributed by atoms with E-state index < -0.39 is 0 Å². The first-order valence-electron chi connectivity index (χ1n) is 11.0. The number of pyridine rings is 1. The number of hydrogen-bond acceptors (Lipinski definition) is 4. The highest BCUT2D eigenvalue weighted by atomic mass is 19.1. The van der Waals surface area contributed by atoms with E-state index in [0.29, 0.717) is 35.7 Å². The third-order valence-electron chi connectivity index (χ3n) is 6.05. The van der Waals surface area contributed by atoms with Crippen molar-refractivity contribution in [3.63, 3.8) is 0 Å². The van der Waals surface area contributed by atoms with Gasteiger partial charge in [-0.3, -0.25) is 9.69 Å². The molecule has 1 saturated heterocycles. The molecule has 7 heteroatoms.